The molecule has 2 atom stereocenters. The smallest absolute Gasteiger partial charge is 0.334 e. The van der Waals surface area contributed by atoms with Crippen molar-refractivity contribution in [2.45, 2.75) is 77.1 Å². The summed E-state index contributed by atoms with van der Waals surface area (Å²) in [5.41, 5.74) is 4.71. The molecule has 0 bridgehead atoms. The molecule has 0 aromatic rings. The molecule has 0 radical (unpaired) electrons. The van der Waals surface area contributed by atoms with Crippen LogP contribution in [-0.2, 0) is 9.53 Å². The van der Waals surface area contributed by atoms with Crippen LogP contribution in [0, 0.1) is 10.8 Å². The summed E-state index contributed by atoms with van der Waals surface area (Å²) in [7, 11) is -0.867. The van der Waals surface area contributed by atoms with Gasteiger partial charge in [-0.3, -0.25) is 0 Å². The topological polar surface area (TPSA) is 26.3 Å². The van der Waals surface area contributed by atoms with E-state index in [4.69, 9.17) is 4.74 Å². The van der Waals surface area contributed by atoms with Crippen LogP contribution in [0.4, 0.5) is 0 Å². The van der Waals surface area contributed by atoms with Gasteiger partial charge in [0.1, 0.15) is 0 Å². The van der Waals surface area contributed by atoms with E-state index in [0.717, 1.165) is 5.57 Å². The monoisotopic (exact) mass is 362 g/mol. The van der Waals surface area contributed by atoms with Crippen molar-refractivity contribution in [2.75, 3.05) is 7.11 Å². The van der Waals surface area contributed by atoms with Crippen LogP contribution < -0.4 is 0 Å². The molecule has 4 heteroatoms. The van der Waals surface area contributed by atoms with E-state index in [1.807, 2.05) is 0 Å². The number of allylic oxidation sites excluding steroid dienone is 3. The minimum Gasteiger partial charge on any atom is -0.466 e. The fourth-order valence-electron chi connectivity index (χ4n) is 5.56. The first-order valence-electron chi connectivity index (χ1n) is 9.52. The summed E-state index contributed by atoms with van der Waals surface area (Å²) in [6.45, 7) is 14.8. The highest BCUT2D eigenvalue weighted by molar-refractivity contribution is 6.77. The van der Waals surface area contributed by atoms with Gasteiger partial charge in [-0.25, -0.2) is 4.79 Å². The van der Waals surface area contributed by atoms with Crippen LogP contribution in [0.3, 0.4) is 0 Å². The van der Waals surface area contributed by atoms with Crippen LogP contribution in [-0.4, -0.2) is 29.2 Å². The van der Waals surface area contributed by atoms with Gasteiger partial charge >= 0.3 is 5.97 Å². The van der Waals surface area contributed by atoms with Gasteiger partial charge in [-0.2, -0.15) is 0 Å². The second kappa shape index (κ2) is 5.44. The molecule has 24 heavy (non-hydrogen) atoms. The van der Waals surface area contributed by atoms with E-state index in [9.17, 15) is 4.79 Å². The zero-order valence-electron chi connectivity index (χ0n) is 16.6. The van der Waals surface area contributed by atoms with Gasteiger partial charge in [0.2, 0.25) is 0 Å². The van der Waals surface area contributed by atoms with Crippen molar-refractivity contribution < 1.29 is 9.53 Å². The van der Waals surface area contributed by atoms with Gasteiger partial charge in [0.15, 0.2) is 0 Å². The number of rotatable bonds is 5. The van der Waals surface area contributed by atoms with Gasteiger partial charge in [0.25, 0.3) is 0 Å². The molecule has 0 saturated heterocycles. The van der Waals surface area contributed by atoms with Gasteiger partial charge in [0.05, 0.1) is 7.11 Å². The Morgan fingerprint density at radius 3 is 2.08 bits per heavy atom. The average molecular weight is 363 g/mol. The highest BCUT2D eigenvalue weighted by Gasteiger charge is 2.72. The lowest BCUT2D eigenvalue weighted by atomic mass is 9.33. The van der Waals surface area contributed by atoms with Crippen molar-refractivity contribution >= 4 is 22.1 Å². The van der Waals surface area contributed by atoms with Crippen LogP contribution in [0.15, 0.2) is 22.8 Å². The summed E-state index contributed by atoms with van der Waals surface area (Å²) in [4.78, 5) is 12.4. The minimum atomic E-state index is -1.23. The maximum atomic E-state index is 12.4. The number of methoxy groups -OCH3 is 1. The molecule has 2 unspecified atom stereocenters. The summed E-state index contributed by atoms with van der Waals surface area (Å²) in [6.07, 6.45) is 7.31. The summed E-state index contributed by atoms with van der Waals surface area (Å²) >= 11 is 0. The van der Waals surface area contributed by atoms with E-state index >= 15 is 0 Å². The second-order valence-electron chi connectivity index (χ2n) is 10.6. The van der Waals surface area contributed by atoms with Crippen molar-refractivity contribution in [2.24, 2.45) is 10.8 Å². The quantitative estimate of drug-likeness (QED) is 0.360. The fraction of sp³-hybridized carbons (Fsp3) is 0.750. The molecule has 3 aliphatic carbocycles. The van der Waals surface area contributed by atoms with Crippen LogP contribution in [0.2, 0.25) is 51.4 Å². The fourth-order valence-corrected chi connectivity index (χ4v) is 8.73. The molecule has 1 fully saturated rings. The Bertz CT molecular complexity index is 633. The number of carbonyl (C=O) groups is 1. The van der Waals surface area contributed by atoms with Gasteiger partial charge in [-0.05, 0) is 24.9 Å². The number of ether oxygens (including phenoxy) is 1. The summed E-state index contributed by atoms with van der Waals surface area (Å²) < 4.78 is 5.15. The molecule has 0 N–H and O–H groups in total. The predicted octanol–water partition coefficient (Wildman–Crippen LogP) is 5.63. The van der Waals surface area contributed by atoms with E-state index in [1.54, 1.807) is 11.1 Å². The Morgan fingerprint density at radius 1 is 1.00 bits per heavy atom. The molecule has 0 aliphatic heterocycles. The van der Waals surface area contributed by atoms with E-state index in [1.165, 1.54) is 44.9 Å². The zero-order chi connectivity index (χ0) is 18.0. The molecule has 0 spiro atoms. The molecule has 1 saturated carbocycles. The Hall–Kier alpha value is -0.616. The molecule has 0 aromatic carbocycles. The zero-order valence-corrected chi connectivity index (χ0v) is 18.6. The molecule has 134 valence electrons. The van der Waals surface area contributed by atoms with Gasteiger partial charge in [0, 0.05) is 32.6 Å². The lowest BCUT2D eigenvalue weighted by Crippen LogP contribution is -2.64. The highest BCUT2D eigenvalue weighted by atomic mass is 28.3. The van der Waals surface area contributed by atoms with Crippen molar-refractivity contribution in [3.8, 4) is 0 Å². The largest absolute Gasteiger partial charge is 0.466 e. The summed E-state index contributed by atoms with van der Waals surface area (Å²) in [6, 6.07) is 2.56. The number of carbonyl (C=O) groups excluding carboxylic acids is 1. The predicted molar refractivity (Wildman–Crippen MR) is 107 cm³/mol. The average Bonchev–Trinajstić information content (AvgIpc) is 2.42. The maximum Gasteiger partial charge on any atom is 0.334 e. The van der Waals surface area contributed by atoms with E-state index < -0.39 is 16.1 Å². The highest BCUT2D eigenvalue weighted by Crippen LogP contribution is 2.79. The first kappa shape index (κ1) is 18.2. The number of esters is 1. The molecular formula is C20H34O2Si2. The van der Waals surface area contributed by atoms with E-state index in [0.29, 0.717) is 0 Å². The van der Waals surface area contributed by atoms with Crippen LogP contribution in [0.25, 0.3) is 0 Å². The lowest BCUT2D eigenvalue weighted by molar-refractivity contribution is -0.140. The first-order valence-corrected chi connectivity index (χ1v) is 16.9. The third kappa shape index (κ3) is 2.44. The van der Waals surface area contributed by atoms with Crippen molar-refractivity contribution in [3.05, 3.63) is 22.8 Å². The molecule has 0 aromatic heterocycles. The molecule has 3 rings (SSSR count). The Labute approximate surface area is 149 Å². The van der Waals surface area contributed by atoms with Crippen LogP contribution in [0.5, 0.6) is 0 Å². The molecule has 3 aliphatic rings. The third-order valence-corrected chi connectivity index (χ3v) is 9.05. The molecule has 2 nitrogen and oxygen atoms in total. The molecule has 0 heterocycles. The van der Waals surface area contributed by atoms with Crippen molar-refractivity contribution in [1.29, 1.82) is 0 Å². The number of hydrogen-bond donors (Lipinski definition) is 0. The third-order valence-electron chi connectivity index (χ3n) is 6.22. The van der Waals surface area contributed by atoms with Gasteiger partial charge in [-0.1, -0.05) is 69.3 Å². The van der Waals surface area contributed by atoms with Gasteiger partial charge < -0.3 is 4.74 Å². The van der Waals surface area contributed by atoms with Gasteiger partial charge in [-0.15, -0.1) is 0 Å². The normalized spacial score (nSPS) is 32.2. The van der Waals surface area contributed by atoms with Crippen LogP contribution in [0.1, 0.15) is 25.7 Å². The van der Waals surface area contributed by atoms with Crippen molar-refractivity contribution in [1.82, 2.24) is 0 Å². The van der Waals surface area contributed by atoms with Crippen LogP contribution >= 0.6 is 0 Å². The Balaban J connectivity index is 2.09. The SMILES string of the molecule is COC(=O)C1=CC23CCCCC12C(C[Si](C)(C)C)=C3C[Si](C)(C)C. The number of hydrogen-bond acceptors (Lipinski definition) is 2. The summed E-state index contributed by atoms with van der Waals surface area (Å²) in [5, 5.41) is 0. The van der Waals surface area contributed by atoms with E-state index in [2.05, 4.69) is 45.4 Å². The Morgan fingerprint density at radius 2 is 1.54 bits per heavy atom. The van der Waals surface area contributed by atoms with E-state index in [-0.39, 0.29) is 16.8 Å². The second-order valence-corrected chi connectivity index (χ2v) is 21.5. The molecule has 0 amide bonds. The molecular weight excluding hydrogens is 328 g/mol. The standard InChI is InChI=1S/C20H34O2Si2/c1-22-18(21)15-12-19-10-8-9-11-20(15,19)17(14-24(5,6)7)16(19)13-23(2,3)4/h12H,8-11,13-14H2,1-7H3. The maximum absolute atomic E-state index is 12.4. The van der Waals surface area contributed by atoms with Crippen molar-refractivity contribution in [3.63, 3.8) is 0 Å². The summed E-state index contributed by atoms with van der Waals surface area (Å²) in [5.74, 6) is -0.0762. The lowest BCUT2D eigenvalue weighted by Gasteiger charge is -2.71. The first-order chi connectivity index (χ1) is 11.0. The minimum absolute atomic E-state index is 0.0631. The Kier molecular flexibility index (Phi) is 4.12.